The van der Waals surface area contributed by atoms with Crippen molar-refractivity contribution in [1.82, 2.24) is 0 Å². The fourth-order valence-electron chi connectivity index (χ4n) is 0.458. The predicted molar refractivity (Wildman–Crippen MR) is 49.0 cm³/mol. The number of nitrogens with two attached hydrogens (primary N) is 2. The molecule has 62 valence electrons. The summed E-state index contributed by atoms with van der Waals surface area (Å²) in [6.45, 7) is 2.98. The van der Waals surface area contributed by atoms with Crippen LogP contribution in [0.4, 0.5) is 0 Å². The highest BCUT2D eigenvalue weighted by Crippen LogP contribution is 2.21. The molecule has 0 spiro atoms. The van der Waals surface area contributed by atoms with E-state index in [-0.39, 0.29) is 0 Å². The van der Waals surface area contributed by atoms with Crippen molar-refractivity contribution in [3.05, 3.63) is 0 Å². The second-order valence-electron chi connectivity index (χ2n) is 2.34. The SMILES string of the molecule is CCCCN.NC1CCS1. The molecule has 1 saturated heterocycles. The fourth-order valence-corrected chi connectivity index (χ4v) is 0.966. The number of hydrogen-bond donors (Lipinski definition) is 2. The minimum Gasteiger partial charge on any atom is -0.330 e. The van der Waals surface area contributed by atoms with Gasteiger partial charge in [-0.25, -0.2) is 0 Å². The highest BCUT2D eigenvalue weighted by molar-refractivity contribution is 8.01. The van der Waals surface area contributed by atoms with Crippen LogP contribution in [0.3, 0.4) is 0 Å². The molecule has 4 N–H and O–H groups in total. The minimum atomic E-state index is 0.481. The molecule has 1 heterocycles. The molecule has 1 aliphatic rings. The zero-order chi connectivity index (χ0) is 7.82. The minimum absolute atomic E-state index is 0.481. The van der Waals surface area contributed by atoms with E-state index >= 15 is 0 Å². The Morgan fingerprint density at radius 2 is 2.10 bits per heavy atom. The van der Waals surface area contributed by atoms with Crippen molar-refractivity contribution in [1.29, 1.82) is 0 Å². The van der Waals surface area contributed by atoms with Gasteiger partial charge in [-0.15, -0.1) is 11.8 Å². The normalized spacial score (nSPS) is 22.5. The van der Waals surface area contributed by atoms with Gasteiger partial charge in [-0.1, -0.05) is 13.3 Å². The van der Waals surface area contributed by atoms with Gasteiger partial charge >= 0.3 is 0 Å². The molecule has 0 amide bonds. The Morgan fingerprint density at radius 1 is 1.60 bits per heavy atom. The Hall–Kier alpha value is 0.270. The lowest BCUT2D eigenvalue weighted by molar-refractivity contribution is 0.807. The topological polar surface area (TPSA) is 52.0 Å². The van der Waals surface area contributed by atoms with Gasteiger partial charge < -0.3 is 11.5 Å². The second kappa shape index (κ2) is 7.38. The van der Waals surface area contributed by atoms with Crippen LogP contribution in [0.1, 0.15) is 26.2 Å². The molecule has 0 aromatic heterocycles. The third-order valence-corrected chi connectivity index (χ3v) is 2.43. The quantitative estimate of drug-likeness (QED) is 0.640. The van der Waals surface area contributed by atoms with Crippen LogP contribution in [-0.4, -0.2) is 17.7 Å². The summed E-state index contributed by atoms with van der Waals surface area (Å²) in [6.07, 6.45) is 3.61. The monoisotopic (exact) mass is 162 g/mol. The molecular weight excluding hydrogens is 144 g/mol. The first-order valence-electron chi connectivity index (χ1n) is 3.88. The molecule has 0 aromatic rings. The summed E-state index contributed by atoms with van der Waals surface area (Å²) in [5.74, 6) is 1.28. The van der Waals surface area contributed by atoms with E-state index in [0.29, 0.717) is 5.37 Å². The van der Waals surface area contributed by atoms with Crippen molar-refractivity contribution in [3.8, 4) is 0 Å². The molecule has 1 unspecified atom stereocenters. The largest absolute Gasteiger partial charge is 0.330 e. The lowest BCUT2D eigenvalue weighted by atomic mass is 10.3. The van der Waals surface area contributed by atoms with Crippen LogP contribution < -0.4 is 11.5 Å². The molecule has 1 aliphatic heterocycles. The van der Waals surface area contributed by atoms with Crippen LogP contribution >= 0.6 is 11.8 Å². The third-order valence-electron chi connectivity index (χ3n) is 1.29. The van der Waals surface area contributed by atoms with Gasteiger partial charge in [0.1, 0.15) is 0 Å². The highest BCUT2D eigenvalue weighted by Gasteiger charge is 2.10. The lowest BCUT2D eigenvalue weighted by Crippen LogP contribution is -2.24. The standard InChI is InChI=1S/C4H11N.C3H7NS/c1-2-3-4-5;4-3-1-2-5-3/h2-5H2,1H3;3H,1-2,4H2. The molecule has 1 atom stereocenters. The average Bonchev–Trinajstić information content (AvgIpc) is 1.87. The molecule has 0 aliphatic carbocycles. The highest BCUT2D eigenvalue weighted by atomic mass is 32.2. The third kappa shape index (κ3) is 6.39. The van der Waals surface area contributed by atoms with Crippen LogP contribution in [0.15, 0.2) is 0 Å². The van der Waals surface area contributed by atoms with E-state index in [1.54, 1.807) is 0 Å². The van der Waals surface area contributed by atoms with E-state index in [0.717, 1.165) is 6.54 Å². The first-order chi connectivity index (χ1) is 4.81. The maximum absolute atomic E-state index is 5.34. The number of hydrogen-bond acceptors (Lipinski definition) is 3. The van der Waals surface area contributed by atoms with Crippen molar-refractivity contribution in [2.45, 2.75) is 31.6 Å². The average molecular weight is 162 g/mol. The fraction of sp³-hybridized carbons (Fsp3) is 1.00. The summed E-state index contributed by atoms with van der Waals surface area (Å²) in [7, 11) is 0. The van der Waals surface area contributed by atoms with E-state index < -0.39 is 0 Å². The Morgan fingerprint density at radius 3 is 2.10 bits per heavy atom. The summed E-state index contributed by atoms with van der Waals surface area (Å²) >= 11 is 1.84. The first-order valence-corrected chi connectivity index (χ1v) is 4.93. The maximum atomic E-state index is 5.34. The van der Waals surface area contributed by atoms with E-state index in [1.807, 2.05) is 11.8 Å². The number of thioether (sulfide) groups is 1. The summed E-state index contributed by atoms with van der Waals surface area (Å²) in [6, 6.07) is 0. The smallest absolute Gasteiger partial charge is 0.0515 e. The van der Waals surface area contributed by atoms with Crippen LogP contribution in [0.5, 0.6) is 0 Å². The molecule has 3 heteroatoms. The van der Waals surface area contributed by atoms with Crippen molar-refractivity contribution < 1.29 is 0 Å². The van der Waals surface area contributed by atoms with Gasteiger partial charge in [-0.3, -0.25) is 0 Å². The first kappa shape index (κ1) is 10.3. The zero-order valence-electron chi connectivity index (χ0n) is 6.68. The molecular formula is C7H18N2S. The van der Waals surface area contributed by atoms with E-state index in [2.05, 4.69) is 6.92 Å². The predicted octanol–water partition coefficient (Wildman–Crippen LogP) is 1.15. The summed E-state index contributed by atoms with van der Waals surface area (Å²) in [5.41, 5.74) is 10.5. The lowest BCUT2D eigenvalue weighted by Gasteiger charge is -2.18. The Labute approximate surface area is 67.7 Å². The van der Waals surface area contributed by atoms with Gasteiger partial charge in [-0.2, -0.15) is 0 Å². The molecule has 0 bridgehead atoms. The van der Waals surface area contributed by atoms with E-state index in [9.17, 15) is 0 Å². The molecule has 0 saturated carbocycles. The summed E-state index contributed by atoms with van der Waals surface area (Å²) < 4.78 is 0. The van der Waals surface area contributed by atoms with Crippen LogP contribution in [0.25, 0.3) is 0 Å². The van der Waals surface area contributed by atoms with Crippen molar-refractivity contribution in [2.24, 2.45) is 11.5 Å². The number of rotatable bonds is 2. The van der Waals surface area contributed by atoms with E-state index in [4.69, 9.17) is 11.5 Å². The molecule has 0 radical (unpaired) electrons. The Balaban J connectivity index is 0.000000162. The van der Waals surface area contributed by atoms with E-state index in [1.165, 1.54) is 25.0 Å². The Bertz CT molecular complexity index is 62.6. The van der Waals surface area contributed by atoms with Crippen molar-refractivity contribution in [3.63, 3.8) is 0 Å². The van der Waals surface area contributed by atoms with Crippen molar-refractivity contribution in [2.75, 3.05) is 12.3 Å². The molecule has 10 heavy (non-hydrogen) atoms. The molecule has 2 nitrogen and oxygen atoms in total. The van der Waals surface area contributed by atoms with Crippen molar-refractivity contribution >= 4 is 11.8 Å². The number of unbranched alkanes of at least 4 members (excludes halogenated alkanes) is 1. The maximum Gasteiger partial charge on any atom is 0.0515 e. The van der Waals surface area contributed by atoms with Gasteiger partial charge in [0.2, 0.25) is 0 Å². The van der Waals surface area contributed by atoms with Crippen LogP contribution in [-0.2, 0) is 0 Å². The van der Waals surface area contributed by atoms with Gasteiger partial charge in [-0.05, 0) is 25.1 Å². The molecule has 1 rings (SSSR count). The van der Waals surface area contributed by atoms with Gasteiger partial charge in [0.25, 0.3) is 0 Å². The molecule has 1 fully saturated rings. The Kier molecular flexibility index (Phi) is 7.58. The van der Waals surface area contributed by atoms with Crippen LogP contribution in [0, 0.1) is 0 Å². The zero-order valence-corrected chi connectivity index (χ0v) is 7.49. The van der Waals surface area contributed by atoms with Gasteiger partial charge in [0.15, 0.2) is 0 Å². The van der Waals surface area contributed by atoms with Crippen LogP contribution in [0.2, 0.25) is 0 Å². The van der Waals surface area contributed by atoms with Gasteiger partial charge in [0.05, 0.1) is 5.37 Å². The summed E-state index contributed by atoms with van der Waals surface area (Å²) in [5, 5.41) is 0.481. The summed E-state index contributed by atoms with van der Waals surface area (Å²) in [4.78, 5) is 0. The van der Waals surface area contributed by atoms with Gasteiger partial charge in [0, 0.05) is 0 Å². The molecule has 0 aromatic carbocycles. The second-order valence-corrected chi connectivity index (χ2v) is 3.69.